The SMILES string of the molecule is CCC1(CO[Si](=O)O)COC1. The molecule has 1 fully saturated rings. The zero-order valence-electron chi connectivity index (χ0n) is 6.50. The van der Waals surface area contributed by atoms with E-state index >= 15 is 0 Å². The first-order valence-corrected chi connectivity index (χ1v) is 4.88. The van der Waals surface area contributed by atoms with Gasteiger partial charge in [0.15, 0.2) is 0 Å². The fraction of sp³-hybridized carbons (Fsp3) is 1.00. The Labute approximate surface area is 67.0 Å². The highest BCUT2D eigenvalue weighted by molar-refractivity contribution is 6.24. The van der Waals surface area contributed by atoms with Crippen LogP contribution in [0, 0.1) is 5.41 Å². The van der Waals surface area contributed by atoms with Crippen LogP contribution in [0.1, 0.15) is 13.3 Å². The van der Waals surface area contributed by atoms with E-state index in [2.05, 4.69) is 4.43 Å². The average molecular weight is 176 g/mol. The molecule has 0 spiro atoms. The molecule has 4 nitrogen and oxygen atoms in total. The zero-order chi connectivity index (χ0) is 8.32. The Morgan fingerprint density at radius 1 is 1.73 bits per heavy atom. The van der Waals surface area contributed by atoms with Crippen LogP contribution in [0.3, 0.4) is 0 Å². The molecule has 1 N–H and O–H groups in total. The van der Waals surface area contributed by atoms with Crippen LogP contribution in [0.15, 0.2) is 0 Å². The van der Waals surface area contributed by atoms with Crippen molar-refractivity contribution in [3.63, 3.8) is 0 Å². The van der Waals surface area contributed by atoms with Crippen LogP contribution < -0.4 is 0 Å². The smallest absolute Gasteiger partial charge is 0.511 e. The minimum Gasteiger partial charge on any atom is -0.511 e. The number of rotatable bonds is 4. The lowest BCUT2D eigenvalue weighted by Crippen LogP contribution is -2.46. The normalized spacial score (nSPS) is 20.5. The molecule has 1 rings (SSSR count). The molecule has 1 aliphatic heterocycles. The second-order valence-corrected chi connectivity index (χ2v) is 3.72. The van der Waals surface area contributed by atoms with E-state index in [1.807, 2.05) is 6.92 Å². The second-order valence-electron chi connectivity index (χ2n) is 2.90. The van der Waals surface area contributed by atoms with E-state index in [1.165, 1.54) is 0 Å². The minimum atomic E-state index is -2.76. The first-order valence-electron chi connectivity index (χ1n) is 3.62. The fourth-order valence-corrected chi connectivity index (χ4v) is 1.42. The van der Waals surface area contributed by atoms with Crippen molar-refractivity contribution in [2.45, 2.75) is 13.3 Å². The Bertz CT molecular complexity index is 149. The molecule has 1 aliphatic rings. The predicted octanol–water partition coefficient (Wildman–Crippen LogP) is -0.163. The molecule has 0 atom stereocenters. The van der Waals surface area contributed by atoms with Crippen LogP contribution in [0.5, 0.6) is 0 Å². The first kappa shape index (κ1) is 8.67. The highest BCUT2D eigenvalue weighted by atomic mass is 28.3. The topological polar surface area (TPSA) is 55.8 Å². The molecule has 0 bridgehead atoms. The van der Waals surface area contributed by atoms with E-state index in [9.17, 15) is 4.46 Å². The summed E-state index contributed by atoms with van der Waals surface area (Å²) in [5.41, 5.74) is 0.0169. The van der Waals surface area contributed by atoms with Crippen molar-refractivity contribution in [3.05, 3.63) is 0 Å². The van der Waals surface area contributed by atoms with Gasteiger partial charge in [0.25, 0.3) is 0 Å². The van der Waals surface area contributed by atoms with Gasteiger partial charge < -0.3 is 14.0 Å². The standard InChI is InChI=1S/C6H12O4Si/c1-2-6(3-9-4-6)5-10-11(7)8/h7H,2-5H2,1H3. The van der Waals surface area contributed by atoms with E-state index < -0.39 is 9.17 Å². The van der Waals surface area contributed by atoms with Crippen LogP contribution >= 0.6 is 0 Å². The third-order valence-electron chi connectivity index (χ3n) is 2.07. The summed E-state index contributed by atoms with van der Waals surface area (Å²) in [7, 11) is -2.76. The molecule has 5 heteroatoms. The van der Waals surface area contributed by atoms with Gasteiger partial charge in [-0.25, -0.2) is 0 Å². The summed E-state index contributed by atoms with van der Waals surface area (Å²) in [4.78, 5) is 8.41. The Kier molecular flexibility index (Phi) is 2.61. The van der Waals surface area contributed by atoms with Crippen LogP contribution in [-0.4, -0.2) is 33.8 Å². The van der Waals surface area contributed by atoms with Crippen molar-refractivity contribution in [1.29, 1.82) is 0 Å². The van der Waals surface area contributed by atoms with Gasteiger partial charge in [0.1, 0.15) is 0 Å². The van der Waals surface area contributed by atoms with Crippen LogP contribution in [-0.2, 0) is 13.6 Å². The average Bonchev–Trinajstić information content (AvgIpc) is 1.86. The van der Waals surface area contributed by atoms with Gasteiger partial charge >= 0.3 is 9.17 Å². The summed E-state index contributed by atoms with van der Waals surface area (Å²) < 4.78 is 19.9. The van der Waals surface area contributed by atoms with Crippen molar-refractivity contribution in [2.75, 3.05) is 19.8 Å². The summed E-state index contributed by atoms with van der Waals surface area (Å²) in [6.07, 6.45) is 0.933. The summed E-state index contributed by atoms with van der Waals surface area (Å²) >= 11 is 0. The Morgan fingerprint density at radius 2 is 2.36 bits per heavy atom. The molecule has 1 saturated heterocycles. The first-order chi connectivity index (χ1) is 5.18. The molecule has 0 aromatic rings. The van der Waals surface area contributed by atoms with E-state index in [0.717, 1.165) is 6.42 Å². The van der Waals surface area contributed by atoms with Crippen LogP contribution in [0.4, 0.5) is 0 Å². The van der Waals surface area contributed by atoms with Gasteiger partial charge in [-0.3, -0.25) is 4.46 Å². The summed E-state index contributed by atoms with van der Waals surface area (Å²) in [6.45, 7) is 3.68. The third kappa shape index (κ3) is 2.00. The quantitative estimate of drug-likeness (QED) is 0.605. The molecule has 0 saturated carbocycles. The van der Waals surface area contributed by atoms with Crippen LogP contribution in [0.2, 0.25) is 0 Å². The Balaban J connectivity index is 2.27. The molecule has 11 heavy (non-hydrogen) atoms. The second kappa shape index (κ2) is 3.32. The largest absolute Gasteiger partial charge is 0.764 e. The Hall–Kier alpha value is -0.423. The van der Waals surface area contributed by atoms with Crippen molar-refractivity contribution >= 4 is 9.17 Å². The molecule has 0 aromatic carbocycles. The monoisotopic (exact) mass is 176 g/mol. The molecule has 0 aromatic heterocycles. The van der Waals surface area contributed by atoms with Gasteiger partial charge in [0, 0.05) is 5.41 Å². The van der Waals surface area contributed by atoms with Crippen molar-refractivity contribution in [1.82, 2.24) is 0 Å². The van der Waals surface area contributed by atoms with E-state index in [0.29, 0.717) is 19.8 Å². The third-order valence-corrected chi connectivity index (χ3v) is 2.46. The highest BCUT2D eigenvalue weighted by Gasteiger charge is 2.38. The molecule has 1 heterocycles. The van der Waals surface area contributed by atoms with E-state index in [1.54, 1.807) is 0 Å². The molecule has 64 valence electrons. The molecule has 0 radical (unpaired) electrons. The van der Waals surface area contributed by atoms with Crippen LogP contribution in [0.25, 0.3) is 0 Å². The van der Waals surface area contributed by atoms with Gasteiger partial charge in [-0.2, -0.15) is 0 Å². The van der Waals surface area contributed by atoms with Gasteiger partial charge in [0.2, 0.25) is 0 Å². The molecular formula is C6H12O4Si. The zero-order valence-corrected chi connectivity index (χ0v) is 7.50. The lowest BCUT2D eigenvalue weighted by Gasteiger charge is -2.39. The number of hydrogen-bond donors (Lipinski definition) is 1. The maximum absolute atomic E-state index is 10.2. The maximum atomic E-state index is 10.2. The maximum Gasteiger partial charge on any atom is 0.764 e. The van der Waals surface area contributed by atoms with E-state index in [4.69, 9.17) is 9.53 Å². The van der Waals surface area contributed by atoms with E-state index in [-0.39, 0.29) is 5.41 Å². The Morgan fingerprint density at radius 3 is 2.64 bits per heavy atom. The lowest BCUT2D eigenvalue weighted by atomic mass is 9.84. The molecule has 0 amide bonds. The lowest BCUT2D eigenvalue weighted by molar-refractivity contribution is -0.136. The van der Waals surface area contributed by atoms with Gasteiger partial charge in [-0.1, -0.05) is 6.92 Å². The molecule has 0 unspecified atom stereocenters. The fourth-order valence-electron chi connectivity index (χ4n) is 0.995. The number of ether oxygens (including phenoxy) is 1. The predicted molar refractivity (Wildman–Crippen MR) is 38.2 cm³/mol. The number of hydrogen-bond acceptors (Lipinski definition) is 3. The highest BCUT2D eigenvalue weighted by Crippen LogP contribution is 2.31. The molecule has 0 aliphatic carbocycles. The summed E-state index contributed by atoms with van der Waals surface area (Å²) in [6, 6.07) is 0. The summed E-state index contributed by atoms with van der Waals surface area (Å²) in [5, 5.41) is 0. The minimum absolute atomic E-state index is 0.0169. The van der Waals surface area contributed by atoms with Gasteiger partial charge in [-0.15, -0.1) is 0 Å². The van der Waals surface area contributed by atoms with Crippen molar-refractivity contribution in [2.24, 2.45) is 5.41 Å². The molecular weight excluding hydrogens is 164 g/mol. The summed E-state index contributed by atoms with van der Waals surface area (Å²) in [5.74, 6) is 0. The van der Waals surface area contributed by atoms with Gasteiger partial charge in [-0.05, 0) is 6.42 Å². The van der Waals surface area contributed by atoms with Crippen molar-refractivity contribution < 1.29 is 18.4 Å². The van der Waals surface area contributed by atoms with Gasteiger partial charge in [0.05, 0.1) is 19.8 Å². The van der Waals surface area contributed by atoms with Crippen molar-refractivity contribution in [3.8, 4) is 0 Å².